The molecule has 1 aliphatic carbocycles. The van der Waals surface area contributed by atoms with Gasteiger partial charge < -0.3 is 5.10 Å². The van der Waals surface area contributed by atoms with Gasteiger partial charge in [-0.3, -0.25) is 4.68 Å². The molecule has 0 atom stereocenters. The number of H-pyrrole nitrogens is 1. The number of aromatic nitrogens is 2. The molecule has 0 spiro atoms. The molecule has 0 unspecified atom stereocenters. The third kappa shape index (κ3) is 2.76. The van der Waals surface area contributed by atoms with Crippen LogP contribution in [-0.4, -0.2) is 9.78 Å². The standard InChI is InChI=1S/C13H22N2S/c1-10(2)8-11-9-13(16)15(14-11)12-6-4-3-5-7-12/h9-10,12,14H,3-8H2,1-2H3. The highest BCUT2D eigenvalue weighted by atomic mass is 32.1. The van der Waals surface area contributed by atoms with Gasteiger partial charge in [0.05, 0.1) is 6.04 Å². The van der Waals surface area contributed by atoms with Gasteiger partial charge in [0.15, 0.2) is 0 Å². The van der Waals surface area contributed by atoms with Crippen molar-refractivity contribution in [1.29, 1.82) is 0 Å². The fraction of sp³-hybridized carbons (Fsp3) is 0.769. The summed E-state index contributed by atoms with van der Waals surface area (Å²) in [6.45, 7) is 4.49. The quantitative estimate of drug-likeness (QED) is 0.781. The Hall–Kier alpha value is -0.570. The Morgan fingerprint density at radius 3 is 2.69 bits per heavy atom. The van der Waals surface area contributed by atoms with E-state index in [4.69, 9.17) is 12.2 Å². The van der Waals surface area contributed by atoms with Crippen molar-refractivity contribution in [3.8, 4) is 0 Å². The van der Waals surface area contributed by atoms with Crippen molar-refractivity contribution >= 4 is 12.2 Å². The van der Waals surface area contributed by atoms with Crippen molar-refractivity contribution in [1.82, 2.24) is 9.78 Å². The minimum absolute atomic E-state index is 0.627. The second-order valence-electron chi connectivity index (χ2n) is 5.38. The van der Waals surface area contributed by atoms with Gasteiger partial charge in [-0.1, -0.05) is 45.3 Å². The van der Waals surface area contributed by atoms with Gasteiger partial charge in [-0.2, -0.15) is 0 Å². The molecular weight excluding hydrogens is 216 g/mol. The van der Waals surface area contributed by atoms with E-state index in [1.807, 2.05) is 0 Å². The van der Waals surface area contributed by atoms with Gasteiger partial charge in [-0.15, -0.1) is 0 Å². The normalized spacial score (nSPS) is 18.2. The summed E-state index contributed by atoms with van der Waals surface area (Å²) < 4.78 is 3.22. The van der Waals surface area contributed by atoms with Crippen LogP contribution >= 0.6 is 12.2 Å². The predicted octanol–water partition coefficient (Wildman–Crippen LogP) is 4.25. The lowest BCUT2D eigenvalue weighted by Gasteiger charge is -2.22. The monoisotopic (exact) mass is 238 g/mol. The van der Waals surface area contributed by atoms with Gasteiger partial charge in [-0.25, -0.2) is 0 Å². The maximum absolute atomic E-state index is 5.44. The van der Waals surface area contributed by atoms with Crippen molar-refractivity contribution in [2.75, 3.05) is 0 Å². The van der Waals surface area contributed by atoms with E-state index in [2.05, 4.69) is 29.7 Å². The fourth-order valence-corrected chi connectivity index (χ4v) is 2.95. The van der Waals surface area contributed by atoms with Crippen molar-refractivity contribution in [2.45, 2.75) is 58.4 Å². The van der Waals surface area contributed by atoms with Gasteiger partial charge in [0, 0.05) is 5.69 Å². The van der Waals surface area contributed by atoms with E-state index in [1.165, 1.54) is 37.8 Å². The number of nitrogens with one attached hydrogen (secondary N) is 1. The summed E-state index contributed by atoms with van der Waals surface area (Å²) in [5.74, 6) is 0.688. The van der Waals surface area contributed by atoms with E-state index in [-0.39, 0.29) is 0 Å². The molecule has 3 heteroatoms. The Morgan fingerprint density at radius 2 is 2.06 bits per heavy atom. The van der Waals surface area contributed by atoms with Crippen molar-refractivity contribution in [3.05, 3.63) is 16.4 Å². The highest BCUT2D eigenvalue weighted by Gasteiger charge is 2.16. The summed E-state index contributed by atoms with van der Waals surface area (Å²) in [7, 11) is 0. The Bertz CT molecular complexity index is 383. The van der Waals surface area contributed by atoms with Crippen molar-refractivity contribution in [2.24, 2.45) is 5.92 Å². The Morgan fingerprint density at radius 1 is 1.38 bits per heavy atom. The first-order chi connectivity index (χ1) is 7.66. The largest absolute Gasteiger partial charge is 0.301 e. The molecule has 0 amide bonds. The van der Waals surface area contributed by atoms with Crippen LogP contribution in [-0.2, 0) is 6.42 Å². The zero-order valence-corrected chi connectivity index (χ0v) is 11.1. The third-order valence-electron chi connectivity index (χ3n) is 3.37. The van der Waals surface area contributed by atoms with E-state index in [1.54, 1.807) is 0 Å². The summed E-state index contributed by atoms with van der Waals surface area (Å²) in [6.07, 6.45) is 7.77. The summed E-state index contributed by atoms with van der Waals surface area (Å²) >= 11 is 5.44. The lowest BCUT2D eigenvalue weighted by atomic mass is 9.96. The molecule has 1 aromatic heterocycles. The minimum atomic E-state index is 0.627. The average Bonchev–Trinajstić information content (AvgIpc) is 2.60. The van der Waals surface area contributed by atoms with Crippen LogP contribution in [0.25, 0.3) is 0 Å². The molecule has 2 nitrogen and oxygen atoms in total. The smallest absolute Gasteiger partial charge is 0.122 e. The van der Waals surface area contributed by atoms with Gasteiger partial charge in [0.1, 0.15) is 4.64 Å². The summed E-state index contributed by atoms with van der Waals surface area (Å²) in [5, 5.41) is 3.50. The van der Waals surface area contributed by atoms with Crippen LogP contribution in [0.3, 0.4) is 0 Å². The second kappa shape index (κ2) is 5.17. The van der Waals surface area contributed by atoms with Crippen LogP contribution in [0.15, 0.2) is 6.07 Å². The molecule has 1 fully saturated rings. The van der Waals surface area contributed by atoms with Crippen LogP contribution in [0.5, 0.6) is 0 Å². The lowest BCUT2D eigenvalue weighted by molar-refractivity contribution is 0.325. The molecule has 2 rings (SSSR count). The molecule has 1 N–H and O–H groups in total. The Labute approximate surface area is 103 Å². The number of nitrogens with zero attached hydrogens (tertiary/aromatic N) is 1. The molecule has 1 aromatic rings. The molecule has 0 bridgehead atoms. The molecule has 0 aliphatic heterocycles. The van der Waals surface area contributed by atoms with Crippen LogP contribution in [0.2, 0.25) is 0 Å². The SMILES string of the molecule is CC(C)Cc1cc(=S)n(C2CCCCC2)[nH]1. The van der Waals surface area contributed by atoms with Crippen molar-refractivity contribution < 1.29 is 0 Å². The molecule has 1 aliphatic rings. The molecule has 90 valence electrons. The van der Waals surface area contributed by atoms with Crippen LogP contribution in [0, 0.1) is 10.6 Å². The molecular formula is C13H22N2S. The van der Waals surface area contributed by atoms with Crippen LogP contribution < -0.4 is 0 Å². The highest BCUT2D eigenvalue weighted by Crippen LogP contribution is 2.28. The van der Waals surface area contributed by atoms with E-state index < -0.39 is 0 Å². The third-order valence-corrected chi connectivity index (χ3v) is 3.68. The topological polar surface area (TPSA) is 20.7 Å². The summed E-state index contributed by atoms with van der Waals surface area (Å²) in [5.41, 5.74) is 1.30. The minimum Gasteiger partial charge on any atom is -0.301 e. The Kier molecular flexibility index (Phi) is 3.85. The number of hydrogen-bond donors (Lipinski definition) is 1. The first kappa shape index (κ1) is 11.9. The zero-order chi connectivity index (χ0) is 11.5. The second-order valence-corrected chi connectivity index (χ2v) is 5.80. The number of rotatable bonds is 3. The van der Waals surface area contributed by atoms with Gasteiger partial charge >= 0.3 is 0 Å². The molecule has 16 heavy (non-hydrogen) atoms. The van der Waals surface area contributed by atoms with Crippen molar-refractivity contribution in [3.63, 3.8) is 0 Å². The average molecular weight is 238 g/mol. The summed E-state index contributed by atoms with van der Waals surface area (Å²) in [6, 6.07) is 2.77. The van der Waals surface area contributed by atoms with Gasteiger partial charge in [0.2, 0.25) is 0 Å². The highest BCUT2D eigenvalue weighted by molar-refractivity contribution is 7.71. The number of aromatic amines is 1. The maximum atomic E-state index is 5.44. The van der Waals surface area contributed by atoms with Gasteiger partial charge in [0.25, 0.3) is 0 Å². The predicted molar refractivity (Wildman–Crippen MR) is 70.3 cm³/mol. The maximum Gasteiger partial charge on any atom is 0.122 e. The first-order valence-electron chi connectivity index (χ1n) is 6.47. The zero-order valence-electron chi connectivity index (χ0n) is 10.3. The molecule has 0 aromatic carbocycles. The number of hydrogen-bond acceptors (Lipinski definition) is 1. The molecule has 0 radical (unpaired) electrons. The first-order valence-corrected chi connectivity index (χ1v) is 6.88. The van der Waals surface area contributed by atoms with E-state index in [0.29, 0.717) is 12.0 Å². The van der Waals surface area contributed by atoms with Crippen LogP contribution in [0.1, 0.15) is 57.7 Å². The molecule has 0 saturated heterocycles. The Balaban J connectivity index is 2.14. The van der Waals surface area contributed by atoms with Gasteiger partial charge in [-0.05, 0) is 31.2 Å². The summed E-state index contributed by atoms with van der Waals surface area (Å²) in [4.78, 5) is 0. The molecule has 1 heterocycles. The molecule has 1 saturated carbocycles. The van der Waals surface area contributed by atoms with E-state index in [9.17, 15) is 0 Å². The van der Waals surface area contributed by atoms with Crippen LogP contribution in [0.4, 0.5) is 0 Å². The lowest BCUT2D eigenvalue weighted by Crippen LogP contribution is -2.14. The van der Waals surface area contributed by atoms with E-state index >= 15 is 0 Å². The van der Waals surface area contributed by atoms with E-state index in [0.717, 1.165) is 11.1 Å². The fourth-order valence-electron chi connectivity index (χ4n) is 2.62.